The second-order valence-corrected chi connectivity index (χ2v) is 10.8. The monoisotopic (exact) mass is 540 g/mol. The third kappa shape index (κ3) is 6.53. The first-order chi connectivity index (χ1) is 19.5. The van der Waals surface area contributed by atoms with E-state index < -0.39 is 12.1 Å². The van der Waals surface area contributed by atoms with Crippen LogP contribution in [0.3, 0.4) is 0 Å². The van der Waals surface area contributed by atoms with Crippen molar-refractivity contribution in [1.82, 2.24) is 10.2 Å². The lowest BCUT2D eigenvalue weighted by molar-refractivity contribution is -0.139. The number of carboxylic acids is 1. The Balaban J connectivity index is 1.20. The van der Waals surface area contributed by atoms with Gasteiger partial charge in [0, 0.05) is 31.5 Å². The summed E-state index contributed by atoms with van der Waals surface area (Å²) in [5.41, 5.74) is 5.65. The zero-order valence-corrected chi connectivity index (χ0v) is 22.6. The summed E-state index contributed by atoms with van der Waals surface area (Å²) >= 11 is 0. The molecule has 0 bridgehead atoms. The Labute approximate surface area is 235 Å². The van der Waals surface area contributed by atoms with Crippen molar-refractivity contribution in [1.29, 1.82) is 0 Å². The smallest absolute Gasteiger partial charge is 0.407 e. The van der Waals surface area contributed by atoms with E-state index in [0.717, 1.165) is 42.4 Å². The van der Waals surface area contributed by atoms with Crippen LogP contribution in [-0.2, 0) is 20.9 Å². The van der Waals surface area contributed by atoms with Gasteiger partial charge in [-0.15, -0.1) is 0 Å². The van der Waals surface area contributed by atoms with Gasteiger partial charge in [0.15, 0.2) is 0 Å². The van der Waals surface area contributed by atoms with Crippen LogP contribution in [0.4, 0.5) is 4.79 Å². The maximum atomic E-state index is 13.4. The topological polar surface area (TPSA) is 95.9 Å². The minimum absolute atomic E-state index is 0.0114. The van der Waals surface area contributed by atoms with Crippen molar-refractivity contribution in [3.8, 4) is 11.1 Å². The highest BCUT2D eigenvalue weighted by molar-refractivity contribution is 5.79. The fourth-order valence-electron chi connectivity index (χ4n) is 6.11. The van der Waals surface area contributed by atoms with Crippen molar-refractivity contribution >= 4 is 18.0 Å². The van der Waals surface area contributed by atoms with E-state index in [9.17, 15) is 19.5 Å². The van der Waals surface area contributed by atoms with Crippen molar-refractivity contribution in [2.45, 2.75) is 57.0 Å². The molecule has 0 saturated heterocycles. The normalized spacial score (nSPS) is 17.9. The van der Waals surface area contributed by atoms with E-state index in [1.807, 2.05) is 54.6 Å². The fourth-order valence-corrected chi connectivity index (χ4v) is 6.11. The Morgan fingerprint density at radius 1 is 0.850 bits per heavy atom. The molecule has 7 heteroatoms. The molecule has 1 saturated carbocycles. The third-order valence-corrected chi connectivity index (χ3v) is 8.16. The quantitative estimate of drug-likeness (QED) is 0.330. The van der Waals surface area contributed by atoms with E-state index in [2.05, 4.69) is 29.6 Å². The molecule has 0 aromatic heterocycles. The Morgan fingerprint density at radius 2 is 1.48 bits per heavy atom. The number of rotatable bonds is 10. The second-order valence-electron chi connectivity index (χ2n) is 10.8. The van der Waals surface area contributed by atoms with Crippen molar-refractivity contribution in [2.24, 2.45) is 5.92 Å². The molecule has 2 aliphatic carbocycles. The number of carbonyl (C=O) groups is 3. The highest BCUT2D eigenvalue weighted by Crippen LogP contribution is 2.44. The van der Waals surface area contributed by atoms with Gasteiger partial charge in [-0.1, -0.05) is 91.7 Å². The molecule has 5 rings (SSSR count). The average molecular weight is 541 g/mol. The summed E-state index contributed by atoms with van der Waals surface area (Å²) in [4.78, 5) is 39.2. The van der Waals surface area contributed by atoms with Crippen LogP contribution in [0, 0.1) is 5.92 Å². The molecule has 0 spiro atoms. The number of benzene rings is 3. The van der Waals surface area contributed by atoms with E-state index in [-0.39, 0.29) is 49.8 Å². The van der Waals surface area contributed by atoms with E-state index in [0.29, 0.717) is 6.54 Å². The first-order valence-corrected chi connectivity index (χ1v) is 14.1. The molecule has 3 aromatic rings. The lowest BCUT2D eigenvalue weighted by Gasteiger charge is -2.33. The Morgan fingerprint density at radius 3 is 2.15 bits per heavy atom. The summed E-state index contributed by atoms with van der Waals surface area (Å²) in [5, 5.41) is 12.3. The third-order valence-electron chi connectivity index (χ3n) is 8.16. The number of hydrogen-bond donors (Lipinski definition) is 2. The summed E-state index contributed by atoms with van der Waals surface area (Å²) in [5.74, 6) is -1.05. The van der Waals surface area contributed by atoms with Crippen molar-refractivity contribution in [2.75, 3.05) is 13.2 Å². The first kappa shape index (κ1) is 27.4. The average Bonchev–Trinajstić information content (AvgIpc) is 3.29. The maximum absolute atomic E-state index is 13.4. The molecule has 3 aromatic carbocycles. The van der Waals surface area contributed by atoms with Gasteiger partial charge >= 0.3 is 12.1 Å². The molecule has 2 aliphatic rings. The second kappa shape index (κ2) is 12.8. The van der Waals surface area contributed by atoms with Crippen LogP contribution in [0.15, 0.2) is 78.9 Å². The molecular weight excluding hydrogens is 504 g/mol. The largest absolute Gasteiger partial charge is 0.481 e. The number of carbonyl (C=O) groups excluding carboxylic acids is 2. The number of hydrogen-bond acceptors (Lipinski definition) is 4. The van der Waals surface area contributed by atoms with Gasteiger partial charge in [0.05, 0.1) is 6.42 Å². The maximum Gasteiger partial charge on any atom is 0.407 e. The summed E-state index contributed by atoms with van der Waals surface area (Å²) in [6, 6.07) is 25.9. The SMILES string of the molecule is O=C(O)CCN(Cc1ccccc1)C(=O)CC1CCCCC1NC(=O)OCC1c2ccccc2-c2ccccc21. The number of nitrogens with one attached hydrogen (secondary N) is 1. The molecule has 2 unspecified atom stereocenters. The van der Waals surface area contributed by atoms with Gasteiger partial charge in [0.2, 0.25) is 5.91 Å². The number of fused-ring (bicyclic) bond motifs is 3. The van der Waals surface area contributed by atoms with Gasteiger partial charge in [-0.05, 0) is 46.6 Å². The standard InChI is InChI=1S/C33H36N2O5/c36-31(35(19-18-32(37)38)21-23-10-2-1-3-11-23)20-24-12-4-9-17-30(24)34-33(39)40-22-29-27-15-7-5-13-25(27)26-14-6-8-16-28(26)29/h1-3,5-8,10-11,13-16,24,29-30H,4,9,12,17-22H2,(H,34,39)(H,37,38). The van der Waals surface area contributed by atoms with Crippen molar-refractivity contribution in [3.05, 3.63) is 95.6 Å². The summed E-state index contributed by atoms with van der Waals surface area (Å²) in [6.45, 7) is 0.765. The van der Waals surface area contributed by atoms with Crippen molar-refractivity contribution < 1.29 is 24.2 Å². The van der Waals surface area contributed by atoms with Gasteiger partial charge in [-0.2, -0.15) is 0 Å². The molecule has 2 amide bonds. The van der Waals surface area contributed by atoms with Gasteiger partial charge in [0.25, 0.3) is 0 Å². The van der Waals surface area contributed by atoms with Crippen LogP contribution in [0.5, 0.6) is 0 Å². The highest BCUT2D eigenvalue weighted by atomic mass is 16.5. The molecule has 2 N–H and O–H groups in total. The Kier molecular flexibility index (Phi) is 8.79. The molecule has 1 fully saturated rings. The van der Waals surface area contributed by atoms with E-state index in [4.69, 9.17) is 4.74 Å². The fraction of sp³-hybridized carbons (Fsp3) is 0.364. The van der Waals surface area contributed by atoms with Gasteiger partial charge < -0.3 is 20.1 Å². The lowest BCUT2D eigenvalue weighted by Crippen LogP contribution is -2.45. The molecule has 2 atom stereocenters. The predicted molar refractivity (Wildman–Crippen MR) is 153 cm³/mol. The number of alkyl carbamates (subject to hydrolysis) is 1. The molecule has 7 nitrogen and oxygen atoms in total. The zero-order chi connectivity index (χ0) is 27.9. The minimum atomic E-state index is -0.932. The van der Waals surface area contributed by atoms with Crippen LogP contribution in [0.2, 0.25) is 0 Å². The minimum Gasteiger partial charge on any atom is -0.481 e. The zero-order valence-electron chi connectivity index (χ0n) is 22.6. The van der Waals surface area contributed by atoms with Crippen molar-refractivity contribution in [3.63, 3.8) is 0 Å². The summed E-state index contributed by atoms with van der Waals surface area (Å²) in [7, 11) is 0. The molecule has 208 valence electrons. The van der Waals surface area contributed by atoms with Crippen LogP contribution >= 0.6 is 0 Å². The Hall–Kier alpha value is -4.13. The van der Waals surface area contributed by atoms with E-state index in [1.165, 1.54) is 11.1 Å². The summed E-state index contributed by atoms with van der Waals surface area (Å²) < 4.78 is 5.78. The number of ether oxygens (including phenoxy) is 1. The molecule has 0 heterocycles. The molecule has 0 radical (unpaired) electrons. The first-order valence-electron chi connectivity index (χ1n) is 14.1. The van der Waals surface area contributed by atoms with Gasteiger partial charge in [-0.3, -0.25) is 9.59 Å². The highest BCUT2D eigenvalue weighted by Gasteiger charge is 2.32. The van der Waals surface area contributed by atoms with Crippen LogP contribution in [-0.4, -0.2) is 47.2 Å². The molecule has 40 heavy (non-hydrogen) atoms. The van der Waals surface area contributed by atoms with Gasteiger partial charge in [-0.25, -0.2) is 4.79 Å². The molecule has 0 aliphatic heterocycles. The lowest BCUT2D eigenvalue weighted by atomic mass is 9.82. The number of aliphatic carboxylic acids is 1. The Bertz CT molecular complexity index is 1300. The van der Waals surface area contributed by atoms with Crippen LogP contribution < -0.4 is 5.32 Å². The van der Waals surface area contributed by atoms with Gasteiger partial charge in [0.1, 0.15) is 6.61 Å². The number of carboxylic acid groups (broad SMARTS) is 1. The predicted octanol–water partition coefficient (Wildman–Crippen LogP) is 5.98. The van der Waals surface area contributed by atoms with Crippen LogP contribution in [0.25, 0.3) is 11.1 Å². The number of amides is 2. The molecular formula is C33H36N2O5. The van der Waals surface area contributed by atoms with E-state index >= 15 is 0 Å². The summed E-state index contributed by atoms with van der Waals surface area (Å²) in [6.07, 6.45) is 3.29. The van der Waals surface area contributed by atoms with Crippen LogP contribution in [0.1, 0.15) is 61.1 Å². The van der Waals surface area contributed by atoms with E-state index in [1.54, 1.807) is 4.90 Å². The number of nitrogens with zero attached hydrogens (tertiary/aromatic N) is 1.